The van der Waals surface area contributed by atoms with Gasteiger partial charge >= 0.3 is 0 Å². The van der Waals surface area contributed by atoms with Crippen LogP contribution >= 0.6 is 11.6 Å². The Morgan fingerprint density at radius 3 is 2.38 bits per heavy atom. The molecule has 0 heterocycles. The smallest absolute Gasteiger partial charge is 0.0487 e. The lowest BCUT2D eigenvalue weighted by molar-refractivity contribution is 0.544. The third kappa shape index (κ3) is 1.81. The van der Waals surface area contributed by atoms with Crippen molar-refractivity contribution in [1.82, 2.24) is 0 Å². The molecule has 0 unspecified atom stereocenters. The molecule has 0 bridgehead atoms. The van der Waals surface area contributed by atoms with E-state index in [1.807, 2.05) is 12.1 Å². The van der Waals surface area contributed by atoms with E-state index >= 15 is 0 Å². The van der Waals surface area contributed by atoms with Crippen LogP contribution < -0.4 is 5.73 Å². The molecule has 2 rings (SSSR count). The van der Waals surface area contributed by atoms with Crippen LogP contribution in [-0.4, -0.2) is 6.54 Å². The van der Waals surface area contributed by atoms with Crippen molar-refractivity contribution in [3.8, 4) is 0 Å². The summed E-state index contributed by atoms with van der Waals surface area (Å²) in [6, 6.07) is 12.2. The Labute approximate surface area is 101 Å². The van der Waals surface area contributed by atoms with Gasteiger partial charge in [0.05, 0.1) is 0 Å². The SMILES string of the molecule is CC(C)(CN)c1cccc2cccc(Cl)c12. The van der Waals surface area contributed by atoms with Crippen LogP contribution in [0.3, 0.4) is 0 Å². The summed E-state index contributed by atoms with van der Waals surface area (Å²) in [7, 11) is 0. The van der Waals surface area contributed by atoms with Crippen LogP contribution in [0, 0.1) is 0 Å². The van der Waals surface area contributed by atoms with E-state index in [4.69, 9.17) is 17.3 Å². The van der Waals surface area contributed by atoms with E-state index in [9.17, 15) is 0 Å². The van der Waals surface area contributed by atoms with E-state index in [-0.39, 0.29) is 5.41 Å². The number of halogens is 1. The topological polar surface area (TPSA) is 26.0 Å². The molecule has 0 atom stereocenters. The fourth-order valence-corrected chi connectivity index (χ4v) is 2.25. The Morgan fingerprint density at radius 2 is 1.75 bits per heavy atom. The van der Waals surface area contributed by atoms with Gasteiger partial charge in [-0.05, 0) is 17.0 Å². The van der Waals surface area contributed by atoms with Crippen molar-refractivity contribution < 1.29 is 0 Å². The van der Waals surface area contributed by atoms with Gasteiger partial charge in [0, 0.05) is 22.4 Å². The normalized spacial score (nSPS) is 12.0. The van der Waals surface area contributed by atoms with Crippen molar-refractivity contribution in [3.05, 3.63) is 47.0 Å². The van der Waals surface area contributed by atoms with Crippen LogP contribution in [0.4, 0.5) is 0 Å². The molecule has 2 aromatic carbocycles. The molecule has 0 radical (unpaired) electrons. The van der Waals surface area contributed by atoms with Gasteiger partial charge in [0.2, 0.25) is 0 Å². The summed E-state index contributed by atoms with van der Waals surface area (Å²) >= 11 is 6.28. The second kappa shape index (κ2) is 4.08. The van der Waals surface area contributed by atoms with Gasteiger partial charge in [0.25, 0.3) is 0 Å². The molecule has 0 aromatic heterocycles. The maximum absolute atomic E-state index is 6.28. The number of fused-ring (bicyclic) bond motifs is 1. The molecule has 2 aromatic rings. The maximum atomic E-state index is 6.28. The Bertz CT molecular complexity index is 512. The van der Waals surface area contributed by atoms with Crippen LogP contribution in [0.1, 0.15) is 19.4 Å². The van der Waals surface area contributed by atoms with E-state index in [2.05, 4.69) is 38.1 Å². The van der Waals surface area contributed by atoms with Crippen LogP contribution in [-0.2, 0) is 5.41 Å². The Hall–Kier alpha value is -1.05. The molecular formula is C14H16ClN. The zero-order valence-electron chi connectivity index (χ0n) is 9.63. The van der Waals surface area contributed by atoms with E-state index in [1.54, 1.807) is 0 Å². The zero-order chi connectivity index (χ0) is 11.8. The molecule has 0 aliphatic carbocycles. The van der Waals surface area contributed by atoms with Gasteiger partial charge in [-0.3, -0.25) is 0 Å². The van der Waals surface area contributed by atoms with Gasteiger partial charge in [-0.1, -0.05) is 55.8 Å². The van der Waals surface area contributed by atoms with Gasteiger partial charge in [-0.15, -0.1) is 0 Å². The summed E-state index contributed by atoms with van der Waals surface area (Å²) in [5.41, 5.74) is 7.01. The van der Waals surface area contributed by atoms with Gasteiger partial charge in [-0.2, -0.15) is 0 Å². The quantitative estimate of drug-likeness (QED) is 0.841. The molecular weight excluding hydrogens is 218 g/mol. The highest BCUT2D eigenvalue weighted by molar-refractivity contribution is 6.35. The van der Waals surface area contributed by atoms with E-state index < -0.39 is 0 Å². The highest BCUT2D eigenvalue weighted by Crippen LogP contribution is 2.33. The summed E-state index contributed by atoms with van der Waals surface area (Å²) in [6.07, 6.45) is 0. The summed E-state index contributed by atoms with van der Waals surface area (Å²) in [5, 5.41) is 3.10. The van der Waals surface area contributed by atoms with Gasteiger partial charge in [0.1, 0.15) is 0 Å². The molecule has 0 fully saturated rings. The number of benzene rings is 2. The summed E-state index contributed by atoms with van der Waals surface area (Å²) < 4.78 is 0. The monoisotopic (exact) mass is 233 g/mol. The largest absolute Gasteiger partial charge is 0.330 e. The molecule has 0 saturated heterocycles. The number of hydrogen-bond acceptors (Lipinski definition) is 1. The van der Waals surface area contributed by atoms with E-state index in [0.717, 1.165) is 10.4 Å². The minimum Gasteiger partial charge on any atom is -0.330 e. The predicted octanol–water partition coefficient (Wildman–Crippen LogP) is 3.73. The van der Waals surface area contributed by atoms with Crippen LogP contribution in [0.5, 0.6) is 0 Å². The summed E-state index contributed by atoms with van der Waals surface area (Å²) in [6.45, 7) is 4.90. The van der Waals surface area contributed by atoms with Crippen LogP contribution in [0.15, 0.2) is 36.4 Å². The minimum atomic E-state index is -0.0511. The molecule has 0 aliphatic rings. The van der Waals surface area contributed by atoms with Crippen molar-refractivity contribution in [3.63, 3.8) is 0 Å². The number of rotatable bonds is 2. The van der Waals surface area contributed by atoms with E-state index in [0.29, 0.717) is 6.54 Å². The van der Waals surface area contributed by atoms with Crippen molar-refractivity contribution in [1.29, 1.82) is 0 Å². The first-order valence-corrected chi connectivity index (χ1v) is 5.82. The second-order valence-corrected chi connectivity index (χ2v) is 5.14. The standard InChI is InChI=1S/C14H16ClN/c1-14(2,9-16)11-7-3-5-10-6-4-8-12(15)13(10)11/h3-8H,9,16H2,1-2H3. The third-order valence-corrected chi connectivity index (χ3v) is 3.41. The fourth-order valence-electron chi connectivity index (χ4n) is 1.97. The maximum Gasteiger partial charge on any atom is 0.0487 e. The number of nitrogens with two attached hydrogens (primary N) is 1. The Morgan fingerprint density at radius 1 is 1.12 bits per heavy atom. The molecule has 84 valence electrons. The van der Waals surface area contributed by atoms with Crippen LogP contribution in [0.2, 0.25) is 5.02 Å². The van der Waals surface area contributed by atoms with Crippen molar-refractivity contribution in [2.24, 2.45) is 5.73 Å². The first-order valence-electron chi connectivity index (χ1n) is 5.44. The molecule has 2 heteroatoms. The molecule has 2 N–H and O–H groups in total. The van der Waals surface area contributed by atoms with Gasteiger partial charge < -0.3 is 5.73 Å². The summed E-state index contributed by atoms with van der Waals surface area (Å²) in [4.78, 5) is 0. The number of hydrogen-bond donors (Lipinski definition) is 1. The fraction of sp³-hybridized carbons (Fsp3) is 0.286. The second-order valence-electron chi connectivity index (χ2n) is 4.73. The molecule has 0 amide bonds. The molecule has 0 spiro atoms. The van der Waals surface area contributed by atoms with Gasteiger partial charge in [0.15, 0.2) is 0 Å². The third-order valence-electron chi connectivity index (χ3n) is 3.09. The predicted molar refractivity (Wildman–Crippen MR) is 71.0 cm³/mol. The average Bonchev–Trinajstić information content (AvgIpc) is 2.29. The van der Waals surface area contributed by atoms with Crippen LogP contribution in [0.25, 0.3) is 10.8 Å². The van der Waals surface area contributed by atoms with E-state index in [1.165, 1.54) is 10.9 Å². The zero-order valence-corrected chi connectivity index (χ0v) is 10.4. The first-order chi connectivity index (χ1) is 7.56. The Kier molecular flexibility index (Phi) is 2.92. The molecule has 1 nitrogen and oxygen atoms in total. The lowest BCUT2D eigenvalue weighted by Gasteiger charge is -2.25. The highest BCUT2D eigenvalue weighted by Gasteiger charge is 2.21. The van der Waals surface area contributed by atoms with Crippen molar-refractivity contribution in [2.45, 2.75) is 19.3 Å². The Balaban J connectivity index is 2.80. The lowest BCUT2D eigenvalue weighted by Crippen LogP contribution is -2.28. The summed E-state index contributed by atoms with van der Waals surface area (Å²) in [5.74, 6) is 0. The first kappa shape index (κ1) is 11.4. The molecule has 0 saturated carbocycles. The molecule has 0 aliphatic heterocycles. The average molecular weight is 234 g/mol. The highest BCUT2D eigenvalue weighted by atomic mass is 35.5. The molecule has 16 heavy (non-hydrogen) atoms. The van der Waals surface area contributed by atoms with Crippen molar-refractivity contribution >= 4 is 22.4 Å². The lowest BCUT2D eigenvalue weighted by atomic mass is 9.82. The minimum absolute atomic E-state index is 0.0511. The van der Waals surface area contributed by atoms with Gasteiger partial charge in [-0.25, -0.2) is 0 Å². The van der Waals surface area contributed by atoms with Crippen molar-refractivity contribution in [2.75, 3.05) is 6.54 Å².